The van der Waals surface area contributed by atoms with Crippen LogP contribution in [0.15, 0.2) is 12.4 Å². The molecule has 1 aromatic rings. The third-order valence-corrected chi connectivity index (χ3v) is 3.72. The van der Waals surface area contributed by atoms with Gasteiger partial charge in [0.15, 0.2) is 0 Å². The Morgan fingerprint density at radius 2 is 2.14 bits per heavy atom. The van der Waals surface area contributed by atoms with Crippen LogP contribution in [0.25, 0.3) is 0 Å². The molecule has 0 saturated carbocycles. The Hall–Kier alpha value is -1.56. The molecule has 1 rings (SSSR count). The highest BCUT2D eigenvalue weighted by Crippen LogP contribution is 2.18. The number of anilines is 1. The van der Waals surface area contributed by atoms with E-state index in [-0.39, 0.29) is 18.5 Å². The van der Waals surface area contributed by atoms with Gasteiger partial charge < -0.3 is 15.7 Å². The van der Waals surface area contributed by atoms with E-state index in [9.17, 15) is 9.90 Å². The zero-order valence-electron chi connectivity index (χ0n) is 13.7. The summed E-state index contributed by atoms with van der Waals surface area (Å²) in [6, 6.07) is -0.331. The van der Waals surface area contributed by atoms with Gasteiger partial charge in [-0.3, -0.25) is 4.68 Å². The quantitative estimate of drug-likeness (QED) is 0.723. The van der Waals surface area contributed by atoms with E-state index in [1.807, 2.05) is 13.8 Å². The van der Waals surface area contributed by atoms with Crippen LogP contribution in [0.3, 0.4) is 0 Å². The van der Waals surface area contributed by atoms with Crippen molar-refractivity contribution in [3.63, 3.8) is 0 Å². The van der Waals surface area contributed by atoms with Gasteiger partial charge in [0, 0.05) is 19.3 Å². The van der Waals surface area contributed by atoms with Crippen molar-refractivity contribution < 1.29 is 9.90 Å². The monoisotopic (exact) mass is 296 g/mol. The van der Waals surface area contributed by atoms with Crippen LogP contribution in [0.1, 0.15) is 41.0 Å². The van der Waals surface area contributed by atoms with Crippen LogP contribution < -0.4 is 10.6 Å². The molecule has 6 nitrogen and oxygen atoms in total. The van der Waals surface area contributed by atoms with Crippen molar-refractivity contribution in [2.75, 3.05) is 11.9 Å². The Morgan fingerprint density at radius 1 is 1.48 bits per heavy atom. The summed E-state index contributed by atoms with van der Waals surface area (Å²) in [6.07, 6.45) is 4.28. The van der Waals surface area contributed by atoms with Crippen molar-refractivity contribution in [2.45, 2.75) is 53.2 Å². The summed E-state index contributed by atoms with van der Waals surface area (Å²) in [5.41, 5.74) is -0.259. The van der Waals surface area contributed by atoms with Gasteiger partial charge in [-0.05, 0) is 18.8 Å². The fraction of sp³-hybridized carbons (Fsp3) is 0.733. The molecule has 2 unspecified atom stereocenters. The highest BCUT2D eigenvalue weighted by Gasteiger charge is 2.27. The third kappa shape index (κ3) is 5.75. The van der Waals surface area contributed by atoms with Crippen LogP contribution in [0.5, 0.6) is 0 Å². The Kier molecular flexibility index (Phi) is 6.20. The molecule has 1 aromatic heterocycles. The van der Waals surface area contributed by atoms with Gasteiger partial charge in [-0.15, -0.1) is 0 Å². The molecule has 120 valence electrons. The van der Waals surface area contributed by atoms with Gasteiger partial charge in [-0.2, -0.15) is 5.10 Å². The van der Waals surface area contributed by atoms with E-state index < -0.39 is 5.60 Å². The number of carbonyl (C=O) groups excluding carboxylic acids is 1. The second-order valence-corrected chi connectivity index (χ2v) is 6.32. The lowest BCUT2D eigenvalue weighted by Crippen LogP contribution is -2.46. The average Bonchev–Trinajstić information content (AvgIpc) is 2.81. The molecule has 0 fully saturated rings. The Labute approximate surface area is 126 Å². The fourth-order valence-electron chi connectivity index (χ4n) is 1.95. The fourth-order valence-corrected chi connectivity index (χ4v) is 1.95. The SMILES string of the molecule is CCC(C)C(C)(O)CNC(=O)Nc1cnn(CC(C)C)c1. The van der Waals surface area contributed by atoms with Gasteiger partial charge in [0.25, 0.3) is 0 Å². The first-order valence-electron chi connectivity index (χ1n) is 7.54. The summed E-state index contributed by atoms with van der Waals surface area (Å²) in [5, 5.41) is 19.8. The lowest BCUT2D eigenvalue weighted by molar-refractivity contribution is 0.00827. The molecule has 0 spiro atoms. The number of nitrogens with one attached hydrogen (secondary N) is 2. The molecule has 0 saturated heterocycles. The van der Waals surface area contributed by atoms with Crippen molar-refractivity contribution in [3.8, 4) is 0 Å². The summed E-state index contributed by atoms with van der Waals surface area (Å²) in [4.78, 5) is 11.8. The molecule has 6 heteroatoms. The van der Waals surface area contributed by atoms with Gasteiger partial charge in [0.05, 0.1) is 17.5 Å². The molecule has 0 radical (unpaired) electrons. The molecule has 0 aliphatic rings. The summed E-state index contributed by atoms with van der Waals surface area (Å²) in [5.74, 6) is 0.615. The number of aliphatic hydroxyl groups is 1. The number of aromatic nitrogens is 2. The molecule has 2 amide bonds. The van der Waals surface area contributed by atoms with Gasteiger partial charge in [0.1, 0.15) is 0 Å². The molecule has 0 aliphatic heterocycles. The smallest absolute Gasteiger partial charge is 0.319 e. The molecule has 0 aliphatic carbocycles. The van der Waals surface area contributed by atoms with Crippen LogP contribution in [0, 0.1) is 11.8 Å². The first-order valence-corrected chi connectivity index (χ1v) is 7.54. The van der Waals surface area contributed by atoms with E-state index in [0.717, 1.165) is 13.0 Å². The largest absolute Gasteiger partial charge is 0.388 e. The standard InChI is InChI=1S/C15H28N4O2/c1-6-12(4)15(5,21)10-16-14(20)18-13-7-17-19(9-13)8-11(2)3/h7,9,11-12,21H,6,8,10H2,1-5H3,(H2,16,18,20). The van der Waals surface area contributed by atoms with Gasteiger partial charge in [0.2, 0.25) is 0 Å². The first kappa shape index (κ1) is 17.5. The molecule has 0 aromatic carbocycles. The minimum Gasteiger partial charge on any atom is -0.388 e. The molecule has 3 N–H and O–H groups in total. The maximum atomic E-state index is 11.8. The summed E-state index contributed by atoms with van der Waals surface area (Å²) in [6.45, 7) is 11.0. The number of rotatable bonds is 7. The molecule has 2 atom stereocenters. The van der Waals surface area contributed by atoms with Crippen LogP contribution in [-0.4, -0.2) is 33.1 Å². The normalized spacial score (nSPS) is 15.6. The average molecular weight is 296 g/mol. The van der Waals surface area contributed by atoms with Gasteiger partial charge in [-0.25, -0.2) is 4.79 Å². The Bertz CT molecular complexity index is 454. The van der Waals surface area contributed by atoms with E-state index >= 15 is 0 Å². The number of nitrogens with zero attached hydrogens (tertiary/aromatic N) is 2. The third-order valence-electron chi connectivity index (χ3n) is 3.72. The number of hydrogen-bond donors (Lipinski definition) is 3. The van der Waals surface area contributed by atoms with Crippen molar-refractivity contribution in [1.29, 1.82) is 0 Å². The van der Waals surface area contributed by atoms with Crippen LogP contribution in [0.4, 0.5) is 10.5 Å². The number of amides is 2. The zero-order valence-corrected chi connectivity index (χ0v) is 13.7. The molecular formula is C15H28N4O2. The van der Waals surface area contributed by atoms with Crippen LogP contribution >= 0.6 is 0 Å². The highest BCUT2D eigenvalue weighted by atomic mass is 16.3. The zero-order chi connectivity index (χ0) is 16.0. The van der Waals surface area contributed by atoms with Crippen LogP contribution in [-0.2, 0) is 6.54 Å². The maximum absolute atomic E-state index is 11.8. The topological polar surface area (TPSA) is 79.2 Å². The van der Waals surface area contributed by atoms with E-state index in [1.165, 1.54) is 0 Å². The second-order valence-electron chi connectivity index (χ2n) is 6.32. The van der Waals surface area contributed by atoms with Gasteiger partial charge in [-0.1, -0.05) is 34.1 Å². The first-order chi connectivity index (χ1) is 9.74. The van der Waals surface area contributed by atoms with E-state index in [2.05, 4.69) is 29.6 Å². The summed E-state index contributed by atoms with van der Waals surface area (Å²) in [7, 11) is 0. The van der Waals surface area contributed by atoms with E-state index in [0.29, 0.717) is 11.6 Å². The lowest BCUT2D eigenvalue weighted by atomic mass is 9.89. The Morgan fingerprint density at radius 3 is 2.71 bits per heavy atom. The number of carbonyl (C=O) groups is 1. The maximum Gasteiger partial charge on any atom is 0.319 e. The van der Waals surface area contributed by atoms with Crippen molar-refractivity contribution in [2.24, 2.45) is 11.8 Å². The highest BCUT2D eigenvalue weighted by molar-refractivity contribution is 5.88. The van der Waals surface area contributed by atoms with E-state index in [4.69, 9.17) is 0 Å². The van der Waals surface area contributed by atoms with Crippen molar-refractivity contribution >= 4 is 11.7 Å². The van der Waals surface area contributed by atoms with Crippen molar-refractivity contribution in [1.82, 2.24) is 15.1 Å². The minimum absolute atomic E-state index is 0.117. The van der Waals surface area contributed by atoms with Crippen LogP contribution in [0.2, 0.25) is 0 Å². The molecule has 0 bridgehead atoms. The Balaban J connectivity index is 2.45. The van der Waals surface area contributed by atoms with E-state index in [1.54, 1.807) is 24.0 Å². The van der Waals surface area contributed by atoms with Gasteiger partial charge >= 0.3 is 6.03 Å². The minimum atomic E-state index is -0.909. The number of hydrogen-bond acceptors (Lipinski definition) is 3. The molecular weight excluding hydrogens is 268 g/mol. The predicted octanol–water partition coefficient (Wildman–Crippen LogP) is 2.46. The predicted molar refractivity (Wildman–Crippen MR) is 84.2 cm³/mol. The summed E-state index contributed by atoms with van der Waals surface area (Å²) < 4.78 is 1.80. The lowest BCUT2D eigenvalue weighted by Gasteiger charge is -2.29. The molecule has 1 heterocycles. The summed E-state index contributed by atoms with van der Waals surface area (Å²) >= 11 is 0. The second kappa shape index (κ2) is 7.45. The number of urea groups is 1. The van der Waals surface area contributed by atoms with Crippen molar-refractivity contribution in [3.05, 3.63) is 12.4 Å². The molecule has 21 heavy (non-hydrogen) atoms.